The maximum Gasteiger partial charge on any atom is 0.341 e. The molecule has 8 heteroatoms. The van der Waals surface area contributed by atoms with Crippen LogP contribution in [0.5, 0.6) is 0 Å². The monoisotopic (exact) mass is 292 g/mol. The van der Waals surface area contributed by atoms with Crippen LogP contribution in [0.1, 0.15) is 15.9 Å². The number of halogens is 4. The summed E-state index contributed by atoms with van der Waals surface area (Å²) in [6, 6.07) is 0. The molecule has 0 spiro atoms. The van der Waals surface area contributed by atoms with E-state index in [0.29, 0.717) is 26.2 Å². The Kier molecular flexibility index (Phi) is 4.24. The highest BCUT2D eigenvalue weighted by Gasteiger charge is 2.30. The number of rotatable bonds is 3. The number of hydrogen-bond acceptors (Lipinski definition) is 3. The van der Waals surface area contributed by atoms with Crippen LogP contribution >= 0.6 is 0 Å². The summed E-state index contributed by atoms with van der Waals surface area (Å²) in [4.78, 5) is 12.2. The Bertz CT molecular complexity index is 516. The first kappa shape index (κ1) is 14.7. The molecule has 1 aliphatic heterocycles. The highest BCUT2D eigenvalue weighted by Crippen LogP contribution is 2.25. The maximum atomic E-state index is 13.7. The molecule has 20 heavy (non-hydrogen) atoms. The van der Waals surface area contributed by atoms with Crippen molar-refractivity contribution in [3.63, 3.8) is 0 Å². The number of carboxylic acids is 1. The first-order valence-corrected chi connectivity index (χ1v) is 5.94. The lowest BCUT2D eigenvalue weighted by Crippen LogP contribution is -2.43. The second-order valence-corrected chi connectivity index (χ2v) is 4.44. The zero-order chi connectivity index (χ0) is 14.9. The number of nitrogens with one attached hydrogen (secondary N) is 1. The highest BCUT2D eigenvalue weighted by molar-refractivity contribution is 5.88. The van der Waals surface area contributed by atoms with Gasteiger partial charge in [-0.05, 0) is 0 Å². The predicted molar refractivity (Wildman–Crippen MR) is 61.4 cm³/mol. The van der Waals surface area contributed by atoms with E-state index in [9.17, 15) is 22.4 Å². The molecular weight excluding hydrogens is 280 g/mol. The van der Waals surface area contributed by atoms with Gasteiger partial charge in [0.05, 0.1) is 0 Å². The lowest BCUT2D eigenvalue weighted by Gasteiger charge is -2.27. The maximum absolute atomic E-state index is 13.7. The van der Waals surface area contributed by atoms with Gasteiger partial charge >= 0.3 is 5.97 Å². The molecule has 0 saturated carbocycles. The van der Waals surface area contributed by atoms with E-state index in [2.05, 4.69) is 5.32 Å². The summed E-state index contributed by atoms with van der Waals surface area (Å²) in [6.45, 7) is 1.83. The largest absolute Gasteiger partial charge is 0.477 e. The quantitative estimate of drug-likeness (QED) is 0.652. The Morgan fingerprint density at radius 3 is 2.00 bits per heavy atom. The molecule has 0 bridgehead atoms. The fourth-order valence-corrected chi connectivity index (χ4v) is 2.10. The standard InChI is InChI=1S/C12H12F4N2O2/c13-8-6(5-18-3-1-17-2-4-18)9(14)11(16)7(10(8)15)12(19)20/h17H,1-5H2,(H,19,20). The summed E-state index contributed by atoms with van der Waals surface area (Å²) in [5.74, 6) is -9.10. The number of carboxylic acid groups (broad SMARTS) is 1. The third-order valence-electron chi connectivity index (χ3n) is 3.16. The van der Waals surface area contributed by atoms with Crippen LogP contribution in [0.3, 0.4) is 0 Å². The van der Waals surface area contributed by atoms with E-state index >= 15 is 0 Å². The molecule has 1 heterocycles. The van der Waals surface area contributed by atoms with Crippen LogP contribution in [-0.2, 0) is 6.54 Å². The van der Waals surface area contributed by atoms with Gasteiger partial charge < -0.3 is 10.4 Å². The molecule has 1 fully saturated rings. The van der Waals surface area contributed by atoms with E-state index < -0.39 is 40.4 Å². The molecule has 0 aliphatic carbocycles. The van der Waals surface area contributed by atoms with E-state index in [1.807, 2.05) is 0 Å². The molecule has 110 valence electrons. The Labute approximate surface area is 112 Å². The normalized spacial score (nSPS) is 16.4. The van der Waals surface area contributed by atoms with Gasteiger partial charge in [0.15, 0.2) is 23.3 Å². The first-order chi connectivity index (χ1) is 9.43. The minimum atomic E-state index is -2.05. The van der Waals surface area contributed by atoms with Crippen molar-refractivity contribution in [2.24, 2.45) is 0 Å². The summed E-state index contributed by atoms with van der Waals surface area (Å²) in [5.41, 5.74) is -2.39. The van der Waals surface area contributed by atoms with Crippen LogP contribution in [0.2, 0.25) is 0 Å². The minimum absolute atomic E-state index is 0.312. The third kappa shape index (κ3) is 2.61. The Balaban J connectivity index is 2.41. The van der Waals surface area contributed by atoms with E-state index in [1.165, 1.54) is 0 Å². The molecule has 0 radical (unpaired) electrons. The molecule has 0 amide bonds. The number of nitrogens with zero attached hydrogens (tertiary/aromatic N) is 1. The summed E-state index contributed by atoms with van der Waals surface area (Å²) < 4.78 is 54.5. The van der Waals surface area contributed by atoms with Crippen molar-refractivity contribution in [2.45, 2.75) is 6.54 Å². The van der Waals surface area contributed by atoms with Gasteiger partial charge in [0.1, 0.15) is 5.56 Å². The molecule has 1 aliphatic rings. The zero-order valence-electron chi connectivity index (χ0n) is 10.4. The van der Waals surface area contributed by atoms with Crippen molar-refractivity contribution in [2.75, 3.05) is 26.2 Å². The lowest BCUT2D eigenvalue weighted by atomic mass is 10.1. The Morgan fingerprint density at radius 1 is 1.05 bits per heavy atom. The summed E-state index contributed by atoms with van der Waals surface area (Å²) >= 11 is 0. The second kappa shape index (κ2) is 5.76. The van der Waals surface area contributed by atoms with Gasteiger partial charge in [0, 0.05) is 38.3 Å². The molecule has 1 aromatic carbocycles. The number of aromatic carboxylic acids is 1. The van der Waals surface area contributed by atoms with Gasteiger partial charge in [-0.1, -0.05) is 0 Å². The van der Waals surface area contributed by atoms with Crippen LogP contribution < -0.4 is 5.32 Å². The minimum Gasteiger partial charge on any atom is -0.477 e. The molecule has 0 unspecified atom stereocenters. The summed E-state index contributed by atoms with van der Waals surface area (Å²) in [5, 5.41) is 11.6. The van der Waals surface area contributed by atoms with Crippen molar-refractivity contribution < 1.29 is 27.5 Å². The lowest BCUT2D eigenvalue weighted by molar-refractivity contribution is 0.0683. The van der Waals surface area contributed by atoms with E-state index in [0.717, 1.165) is 0 Å². The zero-order valence-corrected chi connectivity index (χ0v) is 10.4. The predicted octanol–water partition coefficient (Wildman–Crippen LogP) is 1.35. The fourth-order valence-electron chi connectivity index (χ4n) is 2.10. The highest BCUT2D eigenvalue weighted by atomic mass is 19.2. The molecule has 1 aromatic rings. The van der Waals surface area contributed by atoms with Gasteiger partial charge in [0.2, 0.25) is 0 Å². The Hall–Kier alpha value is -1.67. The van der Waals surface area contributed by atoms with Gasteiger partial charge in [-0.2, -0.15) is 0 Å². The van der Waals surface area contributed by atoms with Crippen LogP contribution in [0.25, 0.3) is 0 Å². The van der Waals surface area contributed by atoms with Crippen molar-refractivity contribution >= 4 is 5.97 Å². The van der Waals surface area contributed by atoms with Crippen molar-refractivity contribution in [3.8, 4) is 0 Å². The van der Waals surface area contributed by atoms with Crippen LogP contribution in [0.4, 0.5) is 17.6 Å². The molecule has 0 aromatic heterocycles. The smallest absolute Gasteiger partial charge is 0.341 e. The molecule has 2 N–H and O–H groups in total. The molecule has 2 rings (SSSR count). The van der Waals surface area contributed by atoms with Gasteiger partial charge in [-0.3, -0.25) is 4.90 Å². The van der Waals surface area contributed by atoms with E-state index in [-0.39, 0.29) is 6.54 Å². The third-order valence-corrected chi connectivity index (χ3v) is 3.16. The second-order valence-electron chi connectivity index (χ2n) is 4.44. The fraction of sp³-hybridized carbons (Fsp3) is 0.417. The van der Waals surface area contributed by atoms with Crippen molar-refractivity contribution in [1.29, 1.82) is 0 Å². The Morgan fingerprint density at radius 2 is 1.55 bits per heavy atom. The average Bonchev–Trinajstić information content (AvgIpc) is 2.42. The van der Waals surface area contributed by atoms with E-state index in [4.69, 9.17) is 5.11 Å². The van der Waals surface area contributed by atoms with Gasteiger partial charge in [-0.25, -0.2) is 22.4 Å². The topological polar surface area (TPSA) is 52.6 Å². The number of benzene rings is 1. The summed E-state index contributed by atoms with van der Waals surface area (Å²) in [6.07, 6.45) is 0. The number of hydrogen-bond donors (Lipinski definition) is 2. The first-order valence-electron chi connectivity index (χ1n) is 5.94. The van der Waals surface area contributed by atoms with Crippen LogP contribution in [0, 0.1) is 23.3 Å². The van der Waals surface area contributed by atoms with Crippen LogP contribution in [0.15, 0.2) is 0 Å². The van der Waals surface area contributed by atoms with Crippen molar-refractivity contribution in [3.05, 3.63) is 34.4 Å². The molecule has 4 nitrogen and oxygen atoms in total. The summed E-state index contributed by atoms with van der Waals surface area (Å²) in [7, 11) is 0. The SMILES string of the molecule is O=C(O)c1c(F)c(F)c(CN2CCNCC2)c(F)c1F. The van der Waals surface area contributed by atoms with Gasteiger partial charge in [0.25, 0.3) is 0 Å². The van der Waals surface area contributed by atoms with Crippen LogP contribution in [-0.4, -0.2) is 42.2 Å². The number of carbonyl (C=O) groups is 1. The molecular formula is C12H12F4N2O2. The average molecular weight is 292 g/mol. The van der Waals surface area contributed by atoms with Crippen molar-refractivity contribution in [1.82, 2.24) is 10.2 Å². The van der Waals surface area contributed by atoms with Gasteiger partial charge in [-0.15, -0.1) is 0 Å². The van der Waals surface area contributed by atoms with E-state index in [1.54, 1.807) is 4.90 Å². The molecule has 1 saturated heterocycles. The number of piperazine rings is 1. The molecule has 0 atom stereocenters.